The van der Waals surface area contributed by atoms with Gasteiger partial charge < -0.3 is 30.4 Å². The predicted molar refractivity (Wildman–Crippen MR) is 97.7 cm³/mol. The highest BCUT2D eigenvalue weighted by Crippen LogP contribution is 2.36. The van der Waals surface area contributed by atoms with Gasteiger partial charge in [0.15, 0.2) is 11.5 Å². The molecule has 146 valence electrons. The number of carboxylic acids is 2. The Morgan fingerprint density at radius 1 is 1.21 bits per heavy atom. The van der Waals surface area contributed by atoms with E-state index in [0.717, 1.165) is 0 Å². The van der Waals surface area contributed by atoms with Crippen molar-refractivity contribution in [1.29, 1.82) is 5.26 Å². The van der Waals surface area contributed by atoms with E-state index in [4.69, 9.17) is 20.5 Å². The summed E-state index contributed by atoms with van der Waals surface area (Å²) in [4.78, 5) is 37.4. The van der Waals surface area contributed by atoms with E-state index in [9.17, 15) is 24.6 Å². The third-order valence-corrected chi connectivity index (χ3v) is 3.82. The highest BCUT2D eigenvalue weighted by molar-refractivity contribution is 6.07. The number of carboxylic acid groups (broad SMARTS) is 2. The van der Waals surface area contributed by atoms with Gasteiger partial charge in [0.05, 0.1) is 19.8 Å². The number of hydrogen-bond donors (Lipinski definition) is 4. The van der Waals surface area contributed by atoms with Gasteiger partial charge >= 0.3 is 11.9 Å². The molecular formula is C18H17N3O7. The van der Waals surface area contributed by atoms with Crippen molar-refractivity contribution in [2.75, 3.05) is 19.5 Å². The fourth-order valence-corrected chi connectivity index (χ4v) is 2.61. The molecule has 2 rings (SSSR count). The lowest BCUT2D eigenvalue weighted by Crippen LogP contribution is -2.24. The Kier molecular flexibility index (Phi) is 6.23. The molecule has 0 aliphatic heterocycles. The summed E-state index contributed by atoms with van der Waals surface area (Å²) in [6, 6.07) is 6.18. The summed E-state index contributed by atoms with van der Waals surface area (Å²) in [7, 11) is 1.40. The van der Waals surface area contributed by atoms with Crippen LogP contribution in [-0.4, -0.2) is 40.9 Å². The molecule has 0 aliphatic carbocycles. The number of aromatic carboxylic acids is 2. The normalized spacial score (nSPS) is 10.1. The number of nitrogens with two attached hydrogens (primary N) is 1. The molecule has 0 amide bonds. The van der Waals surface area contributed by atoms with Crippen LogP contribution in [0.1, 0.15) is 33.6 Å². The van der Waals surface area contributed by atoms with Crippen LogP contribution in [0.4, 0.5) is 5.82 Å². The highest BCUT2D eigenvalue weighted by atomic mass is 16.5. The Labute approximate surface area is 158 Å². The molecule has 0 saturated carbocycles. The van der Waals surface area contributed by atoms with Gasteiger partial charge in [-0.05, 0) is 24.1 Å². The molecule has 0 radical (unpaired) electrons. The Morgan fingerprint density at radius 2 is 1.89 bits per heavy atom. The molecule has 28 heavy (non-hydrogen) atoms. The number of methoxy groups -OCH3 is 1. The maximum Gasteiger partial charge on any atom is 0.342 e. The maximum atomic E-state index is 12.1. The molecule has 0 aliphatic rings. The van der Waals surface area contributed by atoms with E-state index in [0.29, 0.717) is 12.2 Å². The number of nitrogens with zero attached hydrogens (tertiary/aromatic N) is 1. The summed E-state index contributed by atoms with van der Waals surface area (Å²) in [5, 5.41) is 27.5. The molecule has 5 N–H and O–H groups in total. The maximum absolute atomic E-state index is 12.1. The number of nitrogen functional groups attached to an aromatic ring is 1. The summed E-state index contributed by atoms with van der Waals surface area (Å²) in [6.07, 6.45) is 0.724. The Bertz CT molecular complexity index is 1020. The standard InChI is InChI=1S/C18H17N3O7/c1-27-10-5-4-9(8-11(10)28-7-3-2-6-19)12-13(17(23)24)15(20)21-16(22)14(12)18(25)26/h4-5,8H,2-3,7H2,1H3,(H,23,24)(H,25,26)(H3,20,21,22). The van der Waals surface area contributed by atoms with Crippen molar-refractivity contribution in [2.45, 2.75) is 12.8 Å². The van der Waals surface area contributed by atoms with Crippen LogP contribution < -0.4 is 20.8 Å². The van der Waals surface area contributed by atoms with Gasteiger partial charge in [0.1, 0.15) is 16.9 Å². The lowest BCUT2D eigenvalue weighted by Gasteiger charge is -2.15. The molecule has 0 fully saturated rings. The summed E-state index contributed by atoms with van der Waals surface area (Å²) < 4.78 is 10.7. The van der Waals surface area contributed by atoms with Crippen LogP contribution in [0.5, 0.6) is 11.5 Å². The lowest BCUT2D eigenvalue weighted by atomic mass is 9.95. The number of ether oxygens (including phenoxy) is 2. The first-order valence-corrected chi connectivity index (χ1v) is 8.02. The average Bonchev–Trinajstić information content (AvgIpc) is 2.63. The number of carbonyl (C=O) groups is 2. The van der Waals surface area contributed by atoms with Crippen LogP contribution in [-0.2, 0) is 0 Å². The first kappa shape index (κ1) is 20.3. The van der Waals surface area contributed by atoms with Crippen molar-refractivity contribution in [3.63, 3.8) is 0 Å². The van der Waals surface area contributed by atoms with E-state index in [1.807, 2.05) is 11.1 Å². The zero-order valence-electron chi connectivity index (χ0n) is 14.8. The molecule has 0 saturated heterocycles. The minimum absolute atomic E-state index is 0.101. The molecule has 0 atom stereocenters. The van der Waals surface area contributed by atoms with Crippen molar-refractivity contribution in [1.82, 2.24) is 4.98 Å². The minimum atomic E-state index is -1.61. The van der Waals surface area contributed by atoms with Gasteiger partial charge in [-0.2, -0.15) is 5.26 Å². The summed E-state index contributed by atoms with van der Waals surface area (Å²) in [5.74, 6) is -3.06. The van der Waals surface area contributed by atoms with Crippen molar-refractivity contribution >= 4 is 17.8 Å². The number of H-pyrrole nitrogens is 1. The van der Waals surface area contributed by atoms with E-state index < -0.39 is 34.4 Å². The molecule has 10 heteroatoms. The second-order valence-corrected chi connectivity index (χ2v) is 5.58. The van der Waals surface area contributed by atoms with Gasteiger partial charge in [-0.1, -0.05) is 6.07 Å². The second-order valence-electron chi connectivity index (χ2n) is 5.58. The van der Waals surface area contributed by atoms with Gasteiger partial charge in [-0.3, -0.25) is 4.79 Å². The number of anilines is 1. The molecule has 1 heterocycles. The number of aromatic nitrogens is 1. The molecule has 1 aromatic heterocycles. The highest BCUT2D eigenvalue weighted by Gasteiger charge is 2.27. The molecule has 0 spiro atoms. The van der Waals surface area contributed by atoms with Crippen molar-refractivity contribution < 1.29 is 29.3 Å². The first-order valence-electron chi connectivity index (χ1n) is 8.02. The summed E-state index contributed by atoms with van der Waals surface area (Å²) in [6.45, 7) is 0.183. The molecule has 0 bridgehead atoms. The lowest BCUT2D eigenvalue weighted by molar-refractivity contribution is 0.0695. The molecule has 0 unspecified atom stereocenters. The number of aromatic amines is 1. The molecule has 10 nitrogen and oxygen atoms in total. The number of hydrogen-bond acceptors (Lipinski definition) is 7. The molecule has 2 aromatic rings. The van der Waals surface area contributed by atoms with Crippen LogP contribution in [0.25, 0.3) is 11.1 Å². The number of rotatable bonds is 8. The van der Waals surface area contributed by atoms with Crippen LogP contribution in [0.2, 0.25) is 0 Å². The van der Waals surface area contributed by atoms with E-state index in [-0.39, 0.29) is 29.9 Å². The Hall–Kier alpha value is -4.00. The third kappa shape index (κ3) is 4.04. The zero-order valence-corrected chi connectivity index (χ0v) is 14.8. The van der Waals surface area contributed by atoms with Gasteiger partial charge in [0.2, 0.25) is 0 Å². The first-order chi connectivity index (χ1) is 13.3. The number of benzene rings is 1. The number of unbranched alkanes of at least 4 members (excludes halogenated alkanes) is 1. The van der Waals surface area contributed by atoms with Crippen LogP contribution in [0.15, 0.2) is 23.0 Å². The van der Waals surface area contributed by atoms with E-state index in [1.54, 1.807) is 0 Å². The number of nitrogens with one attached hydrogen (secondary N) is 1. The quantitative estimate of drug-likeness (QED) is 0.491. The monoisotopic (exact) mass is 387 g/mol. The van der Waals surface area contributed by atoms with Gasteiger partial charge in [0.25, 0.3) is 5.56 Å². The SMILES string of the molecule is COc1ccc(-c2c(C(=O)O)c(N)[nH]c(=O)c2C(=O)O)cc1OCCCC#N. The fraction of sp³-hybridized carbons (Fsp3) is 0.222. The second kappa shape index (κ2) is 8.59. The Balaban J connectivity index is 2.70. The zero-order chi connectivity index (χ0) is 20.8. The van der Waals surface area contributed by atoms with Crippen molar-refractivity contribution in [2.24, 2.45) is 0 Å². The molecular weight excluding hydrogens is 370 g/mol. The smallest absolute Gasteiger partial charge is 0.342 e. The predicted octanol–water partition coefficient (Wildman–Crippen LogP) is 1.71. The van der Waals surface area contributed by atoms with Gasteiger partial charge in [-0.15, -0.1) is 0 Å². The van der Waals surface area contributed by atoms with E-state index >= 15 is 0 Å². The van der Waals surface area contributed by atoms with Crippen LogP contribution >= 0.6 is 0 Å². The van der Waals surface area contributed by atoms with Crippen molar-refractivity contribution in [3.8, 4) is 28.7 Å². The van der Waals surface area contributed by atoms with Crippen LogP contribution in [0, 0.1) is 11.3 Å². The number of pyridine rings is 1. The average molecular weight is 387 g/mol. The minimum Gasteiger partial charge on any atom is -0.493 e. The van der Waals surface area contributed by atoms with Crippen LogP contribution in [0.3, 0.4) is 0 Å². The Morgan fingerprint density at radius 3 is 2.46 bits per heavy atom. The number of nitriles is 1. The topological polar surface area (TPSA) is 176 Å². The summed E-state index contributed by atoms with van der Waals surface area (Å²) >= 11 is 0. The molecule has 1 aromatic carbocycles. The summed E-state index contributed by atoms with van der Waals surface area (Å²) in [5.41, 5.74) is 3.05. The fourth-order valence-electron chi connectivity index (χ4n) is 2.61. The van der Waals surface area contributed by atoms with Crippen molar-refractivity contribution in [3.05, 3.63) is 39.7 Å². The third-order valence-electron chi connectivity index (χ3n) is 3.82. The van der Waals surface area contributed by atoms with E-state index in [2.05, 4.69) is 0 Å². The van der Waals surface area contributed by atoms with Gasteiger partial charge in [0, 0.05) is 12.0 Å². The largest absolute Gasteiger partial charge is 0.493 e. The van der Waals surface area contributed by atoms with E-state index in [1.165, 1.54) is 25.3 Å². The van der Waals surface area contributed by atoms with Gasteiger partial charge in [-0.25, -0.2) is 9.59 Å².